The molecule has 2 aromatic rings. The summed E-state index contributed by atoms with van der Waals surface area (Å²) >= 11 is 1.36. The third kappa shape index (κ3) is 7.76. The lowest BCUT2D eigenvalue weighted by Gasteiger charge is -2.17. The number of rotatable bonds is 12. The minimum atomic E-state index is -3.97. The number of thiophene rings is 1. The summed E-state index contributed by atoms with van der Waals surface area (Å²) in [4.78, 5) is 18.1. The fourth-order valence-corrected chi connectivity index (χ4v) is 5.51. The molecule has 0 amide bonds. The Labute approximate surface area is 216 Å². The fourth-order valence-electron chi connectivity index (χ4n) is 4.23. The van der Waals surface area contributed by atoms with Gasteiger partial charge in [0.2, 0.25) is 5.78 Å². The predicted molar refractivity (Wildman–Crippen MR) is 142 cm³/mol. The predicted octanol–water partition coefficient (Wildman–Crippen LogP) is 3.09. The molecule has 0 spiro atoms. The van der Waals surface area contributed by atoms with Crippen molar-refractivity contribution in [3.63, 3.8) is 0 Å². The number of nitrogens with zero attached hydrogens (tertiary/aromatic N) is 1. The van der Waals surface area contributed by atoms with Crippen LogP contribution in [0.15, 0.2) is 65.3 Å². The summed E-state index contributed by atoms with van der Waals surface area (Å²) in [5.74, 6) is 0.972. The van der Waals surface area contributed by atoms with Crippen LogP contribution in [-0.4, -0.2) is 39.8 Å². The monoisotopic (exact) mass is 532 g/mol. The molecule has 0 aliphatic heterocycles. The van der Waals surface area contributed by atoms with Crippen LogP contribution in [-0.2, 0) is 27.3 Å². The molecule has 0 radical (unpaired) electrons. The summed E-state index contributed by atoms with van der Waals surface area (Å²) in [5, 5.41) is 10.2. The zero-order valence-corrected chi connectivity index (χ0v) is 21.8. The van der Waals surface area contributed by atoms with Crippen molar-refractivity contribution in [2.24, 2.45) is 21.8 Å². The first-order valence-corrected chi connectivity index (χ1v) is 13.9. The first-order valence-electron chi connectivity index (χ1n) is 11.5. The molecule has 1 aromatic heterocycles. The minimum Gasteiger partial charge on any atom is -0.496 e. The highest BCUT2D eigenvalue weighted by Crippen LogP contribution is 2.27. The molecular formula is C25H32N4O5S2. The summed E-state index contributed by atoms with van der Waals surface area (Å²) in [7, 11) is -2.32. The number of aliphatic imine (C=N–C) groups is 1. The zero-order valence-electron chi connectivity index (χ0n) is 20.2. The average Bonchev–Trinajstić information content (AvgIpc) is 3.51. The van der Waals surface area contributed by atoms with E-state index in [1.807, 2.05) is 35.7 Å². The van der Waals surface area contributed by atoms with E-state index in [1.54, 1.807) is 7.11 Å². The third-order valence-corrected chi connectivity index (χ3v) is 7.43. The Kier molecular flexibility index (Phi) is 9.82. The topological polar surface area (TPSA) is 146 Å². The highest BCUT2D eigenvalue weighted by atomic mass is 32.2. The Morgan fingerprint density at radius 2 is 2.08 bits per heavy atom. The molecule has 36 heavy (non-hydrogen) atoms. The summed E-state index contributed by atoms with van der Waals surface area (Å²) in [6, 6.07) is 9.74. The van der Waals surface area contributed by atoms with Crippen molar-refractivity contribution < 1.29 is 22.1 Å². The van der Waals surface area contributed by atoms with Crippen LogP contribution in [0, 0.1) is 5.92 Å². The number of carbonyl (C=O) groups is 1. The number of hydrogen-bond donors (Lipinski definition) is 3. The second-order valence-electron chi connectivity index (χ2n) is 8.50. The molecule has 0 unspecified atom stereocenters. The molecule has 1 fully saturated rings. The molecule has 2 atom stereocenters. The van der Waals surface area contributed by atoms with Gasteiger partial charge >= 0.3 is 10.3 Å². The molecule has 0 bridgehead atoms. The average molecular weight is 533 g/mol. The van der Waals surface area contributed by atoms with E-state index in [9.17, 15) is 13.2 Å². The minimum absolute atomic E-state index is 0.0231. The Balaban J connectivity index is 1.64. The first-order chi connectivity index (χ1) is 17.2. The number of ether oxygens (including phenoxy) is 1. The fraction of sp³-hybridized carbons (Fsp3) is 0.360. The maximum atomic E-state index is 13.3. The second kappa shape index (κ2) is 12.8. The lowest BCUT2D eigenvalue weighted by atomic mass is 10.0. The number of carbonyl (C=O) groups excluding carboxylic acids is 1. The van der Waals surface area contributed by atoms with Crippen molar-refractivity contribution in [2.45, 2.75) is 38.1 Å². The molecule has 1 aliphatic carbocycles. The maximum Gasteiger partial charge on any atom is 0.333 e. The quantitative estimate of drug-likeness (QED) is 0.165. The molecular weight excluding hydrogens is 500 g/mol. The van der Waals surface area contributed by atoms with E-state index in [4.69, 9.17) is 19.8 Å². The number of para-hydroxylation sites is 1. The number of nitrogens with one attached hydrogen (secondary N) is 1. The van der Waals surface area contributed by atoms with Crippen LogP contribution < -0.4 is 20.9 Å². The molecule has 194 valence electrons. The van der Waals surface area contributed by atoms with Gasteiger partial charge in [0.1, 0.15) is 11.6 Å². The van der Waals surface area contributed by atoms with Crippen molar-refractivity contribution >= 4 is 33.3 Å². The molecule has 11 heteroatoms. The SMILES string of the molecule is C=C/N=C(N[C@H]1CC[C@@H](COS(N)(=O)=O)C1)\C(=C/N)C(=O)c1cc(CCc2ccccc2OC)cs1. The van der Waals surface area contributed by atoms with Crippen LogP contribution in [0.25, 0.3) is 0 Å². The van der Waals surface area contributed by atoms with Gasteiger partial charge in [-0.15, -0.1) is 11.3 Å². The van der Waals surface area contributed by atoms with Gasteiger partial charge in [0.05, 0.1) is 24.2 Å². The highest BCUT2D eigenvalue weighted by Gasteiger charge is 2.29. The van der Waals surface area contributed by atoms with E-state index < -0.39 is 10.3 Å². The van der Waals surface area contributed by atoms with Crippen LogP contribution >= 0.6 is 11.3 Å². The number of ketones is 1. The van der Waals surface area contributed by atoms with Crippen LogP contribution in [0.2, 0.25) is 0 Å². The number of benzene rings is 1. The Bertz CT molecular complexity index is 1240. The van der Waals surface area contributed by atoms with Gasteiger partial charge in [-0.05, 0) is 66.7 Å². The van der Waals surface area contributed by atoms with Crippen molar-refractivity contribution in [3.05, 3.63) is 76.3 Å². The largest absolute Gasteiger partial charge is 0.496 e. The lowest BCUT2D eigenvalue weighted by Crippen LogP contribution is -2.36. The summed E-state index contributed by atoms with van der Waals surface area (Å²) in [6.07, 6.45) is 6.31. The van der Waals surface area contributed by atoms with Gasteiger partial charge in [-0.1, -0.05) is 24.8 Å². The van der Waals surface area contributed by atoms with Crippen LogP contribution in [0.5, 0.6) is 5.75 Å². The van der Waals surface area contributed by atoms with Gasteiger partial charge in [-0.25, -0.2) is 10.1 Å². The summed E-state index contributed by atoms with van der Waals surface area (Å²) in [5.41, 5.74) is 8.27. The second-order valence-corrected chi connectivity index (χ2v) is 10.6. The molecule has 1 saturated carbocycles. The molecule has 0 saturated heterocycles. The van der Waals surface area contributed by atoms with E-state index in [2.05, 4.69) is 16.9 Å². The first kappa shape index (κ1) is 27.6. The van der Waals surface area contributed by atoms with E-state index >= 15 is 0 Å². The smallest absolute Gasteiger partial charge is 0.333 e. The van der Waals surface area contributed by atoms with E-state index in [1.165, 1.54) is 23.7 Å². The third-order valence-electron chi connectivity index (χ3n) is 5.99. The number of amidine groups is 1. The highest BCUT2D eigenvalue weighted by molar-refractivity contribution is 7.84. The number of methoxy groups -OCH3 is 1. The molecule has 9 nitrogen and oxygen atoms in total. The molecule has 1 heterocycles. The van der Waals surface area contributed by atoms with Crippen molar-refractivity contribution in [3.8, 4) is 5.75 Å². The van der Waals surface area contributed by atoms with E-state index in [0.717, 1.165) is 42.6 Å². The normalized spacial score (nSPS) is 18.7. The molecule has 1 aromatic carbocycles. The number of aryl methyl sites for hydroxylation is 2. The zero-order chi connectivity index (χ0) is 26.1. The van der Waals surface area contributed by atoms with Gasteiger partial charge in [0.25, 0.3) is 0 Å². The van der Waals surface area contributed by atoms with Gasteiger partial charge in [-0.3, -0.25) is 8.98 Å². The molecule has 5 N–H and O–H groups in total. The van der Waals surface area contributed by atoms with Crippen molar-refractivity contribution in [1.29, 1.82) is 0 Å². The van der Waals surface area contributed by atoms with Crippen LogP contribution in [0.1, 0.15) is 40.1 Å². The Hall–Kier alpha value is -2.99. The van der Waals surface area contributed by atoms with E-state index in [-0.39, 0.29) is 29.9 Å². The lowest BCUT2D eigenvalue weighted by molar-refractivity contribution is 0.104. The maximum absolute atomic E-state index is 13.3. The van der Waals surface area contributed by atoms with Gasteiger partial charge < -0.3 is 15.8 Å². The number of nitrogens with two attached hydrogens (primary N) is 2. The number of hydrogen-bond acceptors (Lipinski definition) is 8. The van der Waals surface area contributed by atoms with Gasteiger partial charge in [0.15, 0.2) is 0 Å². The summed E-state index contributed by atoms with van der Waals surface area (Å²) < 4.78 is 32.3. The summed E-state index contributed by atoms with van der Waals surface area (Å²) in [6.45, 7) is 3.68. The Morgan fingerprint density at radius 3 is 2.78 bits per heavy atom. The van der Waals surface area contributed by atoms with Crippen molar-refractivity contribution in [1.82, 2.24) is 5.32 Å². The Morgan fingerprint density at radius 1 is 1.31 bits per heavy atom. The number of Topliss-reactive ketones (excluding diaryl/α,β-unsaturated/α-hetero) is 1. The standard InChI is InChI=1S/C25H32N4O5S2/c1-3-28-25(29-20-11-9-17(12-20)15-34-36(27,31)32)21(14-26)24(30)23-13-18(16-35-23)8-10-19-6-4-5-7-22(19)33-2/h3-7,13-14,16-17,20H,1,8-12,15,26H2,2H3,(H,28,29)(H2,27,31,32)/b21-14-/t17-,20+/m1/s1. The van der Waals surface area contributed by atoms with Gasteiger partial charge in [0, 0.05) is 18.4 Å². The van der Waals surface area contributed by atoms with Gasteiger partial charge in [-0.2, -0.15) is 8.42 Å². The van der Waals surface area contributed by atoms with Crippen molar-refractivity contribution in [2.75, 3.05) is 13.7 Å². The van der Waals surface area contributed by atoms with E-state index in [0.29, 0.717) is 17.1 Å². The molecule has 1 aliphatic rings. The van der Waals surface area contributed by atoms with Crippen LogP contribution in [0.3, 0.4) is 0 Å². The van der Waals surface area contributed by atoms with Crippen LogP contribution in [0.4, 0.5) is 0 Å². The molecule has 3 rings (SSSR count).